The van der Waals surface area contributed by atoms with Crippen molar-refractivity contribution in [2.45, 2.75) is 39.2 Å². The average Bonchev–Trinajstić information content (AvgIpc) is 2.45. The maximum absolute atomic E-state index is 11.0. The molecule has 1 N–H and O–H groups in total. The fraction of sp³-hybridized carbons (Fsp3) is 0.625. The normalized spacial score (nSPS) is 13.1. The van der Waals surface area contributed by atoms with Gasteiger partial charge in [0.25, 0.3) is 0 Å². The highest BCUT2D eigenvalue weighted by Gasteiger charge is 2.08. The van der Waals surface area contributed by atoms with Gasteiger partial charge in [-0.1, -0.05) is 26.0 Å². The van der Waals surface area contributed by atoms with E-state index in [9.17, 15) is 8.42 Å². The molecule has 1 aromatic carbocycles. The molecule has 1 rings (SSSR count). The number of benzene rings is 1. The van der Waals surface area contributed by atoms with E-state index in [1.54, 1.807) is 0 Å². The van der Waals surface area contributed by atoms with Crippen molar-refractivity contribution in [3.63, 3.8) is 0 Å². The molecular formula is C16H27NO3S. The van der Waals surface area contributed by atoms with Gasteiger partial charge in [-0.2, -0.15) is 0 Å². The SMILES string of the molecule is CCCNC(CC)c1ccc(OCCCS(C)(=O)=O)cc1. The predicted molar refractivity (Wildman–Crippen MR) is 87.6 cm³/mol. The molecule has 1 unspecified atom stereocenters. The summed E-state index contributed by atoms with van der Waals surface area (Å²) < 4.78 is 27.6. The summed E-state index contributed by atoms with van der Waals surface area (Å²) in [5.41, 5.74) is 1.26. The fourth-order valence-electron chi connectivity index (χ4n) is 2.12. The molecule has 0 aliphatic rings. The van der Waals surface area contributed by atoms with Crippen LogP contribution in [-0.2, 0) is 9.84 Å². The second-order valence-corrected chi connectivity index (χ2v) is 7.58. The molecule has 0 fully saturated rings. The molecule has 4 nitrogen and oxygen atoms in total. The van der Waals surface area contributed by atoms with E-state index in [0.717, 1.165) is 25.1 Å². The molecule has 0 radical (unpaired) electrons. The summed E-state index contributed by atoms with van der Waals surface area (Å²) in [6.07, 6.45) is 3.94. The Morgan fingerprint density at radius 2 is 1.86 bits per heavy atom. The van der Waals surface area contributed by atoms with Gasteiger partial charge in [-0.05, 0) is 43.5 Å². The molecule has 0 aliphatic heterocycles. The zero-order valence-electron chi connectivity index (χ0n) is 13.3. The van der Waals surface area contributed by atoms with E-state index in [-0.39, 0.29) is 5.75 Å². The van der Waals surface area contributed by atoms with Gasteiger partial charge in [0.15, 0.2) is 0 Å². The lowest BCUT2D eigenvalue weighted by molar-refractivity contribution is 0.317. The second kappa shape index (κ2) is 9.05. The lowest BCUT2D eigenvalue weighted by Crippen LogP contribution is -2.21. The van der Waals surface area contributed by atoms with E-state index < -0.39 is 9.84 Å². The maximum Gasteiger partial charge on any atom is 0.147 e. The number of hydrogen-bond donors (Lipinski definition) is 1. The molecule has 1 atom stereocenters. The van der Waals surface area contributed by atoms with E-state index in [2.05, 4.69) is 31.3 Å². The van der Waals surface area contributed by atoms with Crippen LogP contribution < -0.4 is 10.1 Å². The molecule has 1 aromatic rings. The molecule has 0 saturated heterocycles. The molecule has 120 valence electrons. The van der Waals surface area contributed by atoms with Crippen molar-refractivity contribution in [2.75, 3.05) is 25.2 Å². The Labute approximate surface area is 128 Å². The fourth-order valence-corrected chi connectivity index (χ4v) is 2.77. The number of sulfone groups is 1. The second-order valence-electron chi connectivity index (χ2n) is 5.32. The minimum Gasteiger partial charge on any atom is -0.494 e. The van der Waals surface area contributed by atoms with Crippen molar-refractivity contribution in [3.8, 4) is 5.75 Å². The Kier molecular flexibility index (Phi) is 7.75. The Hall–Kier alpha value is -1.07. The van der Waals surface area contributed by atoms with Gasteiger partial charge in [0, 0.05) is 12.3 Å². The monoisotopic (exact) mass is 313 g/mol. The maximum atomic E-state index is 11.0. The molecule has 5 heteroatoms. The summed E-state index contributed by atoms with van der Waals surface area (Å²) >= 11 is 0. The van der Waals surface area contributed by atoms with E-state index in [4.69, 9.17) is 4.74 Å². The van der Waals surface area contributed by atoms with Crippen LogP contribution in [0.3, 0.4) is 0 Å². The van der Waals surface area contributed by atoms with Crippen LogP contribution in [-0.4, -0.2) is 33.6 Å². The van der Waals surface area contributed by atoms with Gasteiger partial charge in [-0.15, -0.1) is 0 Å². The van der Waals surface area contributed by atoms with Crippen molar-refractivity contribution < 1.29 is 13.2 Å². The standard InChI is InChI=1S/C16H27NO3S/c1-4-11-17-16(5-2)14-7-9-15(10-8-14)20-12-6-13-21(3,18)19/h7-10,16-17H,4-6,11-13H2,1-3H3. The van der Waals surface area contributed by atoms with Crippen molar-refractivity contribution in [2.24, 2.45) is 0 Å². The third kappa shape index (κ3) is 7.48. The average molecular weight is 313 g/mol. The lowest BCUT2D eigenvalue weighted by atomic mass is 10.0. The highest BCUT2D eigenvalue weighted by Crippen LogP contribution is 2.20. The van der Waals surface area contributed by atoms with Crippen molar-refractivity contribution in [3.05, 3.63) is 29.8 Å². The molecule has 0 bridgehead atoms. The summed E-state index contributed by atoms with van der Waals surface area (Å²) in [6.45, 7) is 5.77. The Bertz CT molecular complexity index is 497. The zero-order chi connectivity index (χ0) is 15.7. The van der Waals surface area contributed by atoms with Crippen molar-refractivity contribution in [1.29, 1.82) is 0 Å². The highest BCUT2D eigenvalue weighted by molar-refractivity contribution is 7.90. The summed E-state index contributed by atoms with van der Waals surface area (Å²) in [6, 6.07) is 8.42. The van der Waals surface area contributed by atoms with Gasteiger partial charge < -0.3 is 10.1 Å². The van der Waals surface area contributed by atoms with Gasteiger partial charge in [0.05, 0.1) is 12.4 Å². The molecule has 0 heterocycles. The minimum absolute atomic E-state index is 0.171. The predicted octanol–water partition coefficient (Wildman–Crippen LogP) is 2.95. The van der Waals surface area contributed by atoms with Crippen LogP contribution in [0.15, 0.2) is 24.3 Å². The van der Waals surface area contributed by atoms with Gasteiger partial charge >= 0.3 is 0 Å². The van der Waals surface area contributed by atoms with Crippen LogP contribution in [0.4, 0.5) is 0 Å². The number of nitrogens with one attached hydrogen (secondary N) is 1. The quantitative estimate of drug-likeness (QED) is 0.675. The van der Waals surface area contributed by atoms with E-state index in [1.807, 2.05) is 12.1 Å². The first-order chi connectivity index (χ1) is 9.96. The Morgan fingerprint density at radius 3 is 2.38 bits per heavy atom. The molecule has 0 saturated carbocycles. The Morgan fingerprint density at radius 1 is 1.19 bits per heavy atom. The van der Waals surface area contributed by atoms with Crippen molar-refractivity contribution >= 4 is 9.84 Å². The number of hydrogen-bond acceptors (Lipinski definition) is 4. The van der Waals surface area contributed by atoms with E-state index >= 15 is 0 Å². The summed E-state index contributed by atoms with van der Waals surface area (Å²) in [5, 5.41) is 3.52. The molecule has 0 aliphatic carbocycles. The highest BCUT2D eigenvalue weighted by atomic mass is 32.2. The lowest BCUT2D eigenvalue weighted by Gasteiger charge is -2.17. The summed E-state index contributed by atoms with van der Waals surface area (Å²) in [4.78, 5) is 0. The van der Waals surface area contributed by atoms with Crippen LogP contribution in [0.25, 0.3) is 0 Å². The first kappa shape index (κ1) is 18.0. The number of rotatable bonds is 10. The summed E-state index contributed by atoms with van der Waals surface area (Å²) in [5.74, 6) is 0.960. The molecule has 0 aromatic heterocycles. The van der Waals surface area contributed by atoms with Crippen molar-refractivity contribution in [1.82, 2.24) is 5.32 Å². The minimum atomic E-state index is -2.90. The zero-order valence-corrected chi connectivity index (χ0v) is 14.1. The first-order valence-corrected chi connectivity index (χ1v) is 9.66. The van der Waals surface area contributed by atoms with Gasteiger partial charge in [-0.3, -0.25) is 0 Å². The molecular weight excluding hydrogens is 286 g/mol. The third-order valence-electron chi connectivity index (χ3n) is 3.26. The largest absolute Gasteiger partial charge is 0.494 e. The first-order valence-electron chi connectivity index (χ1n) is 7.60. The van der Waals surface area contributed by atoms with Gasteiger partial charge in [-0.25, -0.2) is 8.42 Å². The molecule has 0 amide bonds. The van der Waals surface area contributed by atoms with Crippen LogP contribution in [0.2, 0.25) is 0 Å². The van der Waals surface area contributed by atoms with Crippen LogP contribution in [0.5, 0.6) is 5.75 Å². The third-order valence-corrected chi connectivity index (χ3v) is 4.29. The van der Waals surface area contributed by atoms with Crippen LogP contribution in [0.1, 0.15) is 44.7 Å². The van der Waals surface area contributed by atoms with E-state index in [1.165, 1.54) is 11.8 Å². The topological polar surface area (TPSA) is 55.4 Å². The summed E-state index contributed by atoms with van der Waals surface area (Å²) in [7, 11) is -2.90. The smallest absolute Gasteiger partial charge is 0.147 e. The van der Waals surface area contributed by atoms with Crippen LogP contribution >= 0.6 is 0 Å². The van der Waals surface area contributed by atoms with Gasteiger partial charge in [0.1, 0.15) is 15.6 Å². The Balaban J connectivity index is 2.45. The van der Waals surface area contributed by atoms with Gasteiger partial charge in [0.2, 0.25) is 0 Å². The molecule has 0 spiro atoms. The molecule has 21 heavy (non-hydrogen) atoms. The van der Waals surface area contributed by atoms with E-state index in [0.29, 0.717) is 19.1 Å². The number of ether oxygens (including phenoxy) is 1. The van der Waals surface area contributed by atoms with Crippen LogP contribution in [0, 0.1) is 0 Å².